The van der Waals surface area contributed by atoms with Gasteiger partial charge in [0.15, 0.2) is 0 Å². The van der Waals surface area contributed by atoms with E-state index in [1.165, 1.54) is 0 Å². The molecule has 1 nitrogen and oxygen atoms in total. The minimum Gasteiger partial charge on any atom is -0.306 e. The molecule has 0 spiro atoms. The minimum absolute atomic E-state index is 0. The van der Waals surface area contributed by atoms with E-state index in [9.17, 15) is 13.2 Å². The molecule has 98 valence electrons. The molecule has 1 aromatic heterocycles. The van der Waals surface area contributed by atoms with Gasteiger partial charge in [-0.15, -0.1) is 23.7 Å². The van der Waals surface area contributed by atoms with Gasteiger partial charge in [-0.25, -0.2) is 0 Å². The van der Waals surface area contributed by atoms with Crippen LogP contribution < -0.4 is 0 Å². The van der Waals surface area contributed by atoms with Gasteiger partial charge in [-0.05, 0) is 49.9 Å². The first-order chi connectivity index (χ1) is 7.39. The highest BCUT2D eigenvalue weighted by Crippen LogP contribution is 2.41. The molecule has 6 heteroatoms. The maximum Gasteiger partial charge on any atom is 0.425 e. The molecule has 1 unspecified atom stereocenters. The number of aryl methyl sites for hydroxylation is 1. The number of thiophene rings is 1. The third-order valence-corrected chi connectivity index (χ3v) is 4.27. The van der Waals surface area contributed by atoms with Crippen LogP contribution in [0.1, 0.15) is 22.4 Å². The second-order valence-electron chi connectivity index (χ2n) is 4.43. The van der Waals surface area contributed by atoms with E-state index in [2.05, 4.69) is 0 Å². The van der Waals surface area contributed by atoms with Crippen LogP contribution in [-0.2, 0) is 19.0 Å². The summed E-state index contributed by atoms with van der Waals surface area (Å²) >= 11 is 0.843. The highest BCUT2D eigenvalue weighted by Gasteiger charge is 2.38. The third-order valence-electron chi connectivity index (χ3n) is 3.16. The number of hydrogen-bond acceptors (Lipinski definition) is 2. The normalized spacial score (nSPS) is 20.0. The van der Waals surface area contributed by atoms with Gasteiger partial charge in [0.1, 0.15) is 4.88 Å². The molecule has 0 fully saturated rings. The van der Waals surface area contributed by atoms with Crippen molar-refractivity contribution in [2.24, 2.45) is 0 Å². The van der Waals surface area contributed by atoms with Gasteiger partial charge in [0.2, 0.25) is 0 Å². The molecule has 0 N–H and O–H groups in total. The number of alkyl halides is 3. The van der Waals surface area contributed by atoms with Crippen molar-refractivity contribution in [2.45, 2.75) is 31.5 Å². The van der Waals surface area contributed by atoms with Crippen molar-refractivity contribution in [1.82, 2.24) is 4.90 Å². The summed E-state index contributed by atoms with van der Waals surface area (Å²) in [7, 11) is 3.85. The van der Waals surface area contributed by atoms with Gasteiger partial charge < -0.3 is 4.90 Å². The Morgan fingerprint density at radius 1 is 1.35 bits per heavy atom. The van der Waals surface area contributed by atoms with E-state index in [1.54, 1.807) is 5.38 Å². The summed E-state index contributed by atoms with van der Waals surface area (Å²) in [5, 5.41) is 1.67. The second-order valence-corrected chi connectivity index (χ2v) is 5.31. The summed E-state index contributed by atoms with van der Waals surface area (Å²) in [5.74, 6) is 0. The van der Waals surface area contributed by atoms with Crippen LogP contribution in [0.15, 0.2) is 5.38 Å². The molecule has 0 aromatic carbocycles. The largest absolute Gasteiger partial charge is 0.425 e. The standard InChI is InChI=1S/C11H14F3NS.ClH/c1-15(2)8-4-3-7-6-16-10(9(7)5-8)11(12,13)14;/h6,8H,3-5H2,1-2H3;1H. The molecule has 0 bridgehead atoms. The van der Waals surface area contributed by atoms with Crippen molar-refractivity contribution >= 4 is 23.7 Å². The van der Waals surface area contributed by atoms with E-state index in [1.807, 2.05) is 19.0 Å². The first-order valence-corrected chi connectivity index (χ1v) is 6.10. The smallest absolute Gasteiger partial charge is 0.306 e. The summed E-state index contributed by atoms with van der Waals surface area (Å²) in [6, 6.07) is 0.239. The van der Waals surface area contributed by atoms with Crippen LogP contribution in [0, 0.1) is 0 Å². The average Bonchev–Trinajstić information content (AvgIpc) is 2.58. The molecule has 0 radical (unpaired) electrons. The second kappa shape index (κ2) is 5.16. The van der Waals surface area contributed by atoms with Crippen molar-refractivity contribution in [2.75, 3.05) is 14.1 Å². The molecular formula is C11H15ClF3NS. The van der Waals surface area contributed by atoms with E-state index in [-0.39, 0.29) is 18.4 Å². The van der Waals surface area contributed by atoms with Gasteiger partial charge in [0.25, 0.3) is 0 Å². The molecule has 1 aliphatic rings. The van der Waals surface area contributed by atoms with Gasteiger partial charge >= 0.3 is 6.18 Å². The van der Waals surface area contributed by atoms with E-state index in [0.717, 1.165) is 29.7 Å². The Labute approximate surface area is 109 Å². The van der Waals surface area contributed by atoms with Crippen molar-refractivity contribution < 1.29 is 13.2 Å². The topological polar surface area (TPSA) is 3.24 Å². The Hall–Kier alpha value is -0.260. The van der Waals surface area contributed by atoms with E-state index >= 15 is 0 Å². The number of likely N-dealkylation sites (N-methyl/N-ethyl adjacent to an activating group) is 1. The molecule has 0 saturated carbocycles. The zero-order valence-corrected chi connectivity index (χ0v) is 11.3. The number of fused-ring (bicyclic) bond motifs is 1. The van der Waals surface area contributed by atoms with Crippen molar-refractivity contribution in [3.8, 4) is 0 Å². The van der Waals surface area contributed by atoms with Gasteiger partial charge in [0.05, 0.1) is 0 Å². The predicted molar refractivity (Wildman–Crippen MR) is 66.1 cm³/mol. The number of rotatable bonds is 1. The Balaban J connectivity index is 0.00000144. The fraction of sp³-hybridized carbons (Fsp3) is 0.636. The van der Waals surface area contributed by atoms with Crippen molar-refractivity contribution in [3.63, 3.8) is 0 Å². The van der Waals surface area contributed by atoms with Gasteiger partial charge in [0, 0.05) is 6.04 Å². The number of hydrogen-bond donors (Lipinski definition) is 0. The van der Waals surface area contributed by atoms with Crippen LogP contribution >= 0.6 is 23.7 Å². The quantitative estimate of drug-likeness (QED) is 0.762. The molecule has 1 aromatic rings. The molecule has 0 amide bonds. The lowest BCUT2D eigenvalue weighted by Gasteiger charge is -2.29. The van der Waals surface area contributed by atoms with Gasteiger partial charge in [-0.3, -0.25) is 0 Å². The summed E-state index contributed by atoms with van der Waals surface area (Å²) in [6.07, 6.45) is -1.94. The lowest BCUT2D eigenvalue weighted by Crippen LogP contribution is -2.33. The first-order valence-electron chi connectivity index (χ1n) is 5.22. The fourth-order valence-electron chi connectivity index (χ4n) is 2.19. The molecule has 0 saturated heterocycles. The highest BCUT2D eigenvalue weighted by molar-refractivity contribution is 7.10. The fourth-order valence-corrected chi connectivity index (χ4v) is 3.20. The van der Waals surface area contributed by atoms with Crippen LogP contribution in [0.25, 0.3) is 0 Å². The van der Waals surface area contributed by atoms with E-state index in [0.29, 0.717) is 12.0 Å². The average molecular weight is 286 g/mol. The minimum atomic E-state index is -4.19. The lowest BCUT2D eigenvalue weighted by atomic mass is 9.89. The Kier molecular flexibility index (Phi) is 4.49. The number of halogens is 4. The molecule has 1 atom stereocenters. The summed E-state index contributed by atoms with van der Waals surface area (Å²) < 4.78 is 38.2. The number of nitrogens with zero attached hydrogens (tertiary/aromatic N) is 1. The van der Waals surface area contributed by atoms with E-state index in [4.69, 9.17) is 0 Å². The highest BCUT2D eigenvalue weighted by atomic mass is 35.5. The predicted octanol–water partition coefficient (Wildman–Crippen LogP) is 3.61. The van der Waals surface area contributed by atoms with Crippen molar-refractivity contribution in [1.29, 1.82) is 0 Å². The molecular weight excluding hydrogens is 271 g/mol. The van der Waals surface area contributed by atoms with Crippen LogP contribution in [0.2, 0.25) is 0 Å². The zero-order chi connectivity index (χ0) is 11.9. The Morgan fingerprint density at radius 3 is 2.53 bits per heavy atom. The summed E-state index contributed by atoms with van der Waals surface area (Å²) in [6.45, 7) is 0. The van der Waals surface area contributed by atoms with Crippen molar-refractivity contribution in [3.05, 3.63) is 21.4 Å². The molecule has 17 heavy (non-hydrogen) atoms. The van der Waals surface area contributed by atoms with Crippen LogP contribution in [0.4, 0.5) is 13.2 Å². The molecule has 1 aliphatic carbocycles. The monoisotopic (exact) mass is 285 g/mol. The zero-order valence-electron chi connectivity index (χ0n) is 9.67. The molecule has 2 rings (SSSR count). The lowest BCUT2D eigenvalue weighted by molar-refractivity contribution is -0.135. The SMILES string of the molecule is CN(C)C1CCc2csc(C(F)(F)F)c2C1.Cl. The molecule has 0 aliphatic heterocycles. The Bertz CT molecular complexity index is 387. The Morgan fingerprint density at radius 2 is 2.00 bits per heavy atom. The van der Waals surface area contributed by atoms with E-state index < -0.39 is 11.1 Å². The van der Waals surface area contributed by atoms with Crippen LogP contribution in [0.3, 0.4) is 0 Å². The third kappa shape index (κ3) is 2.95. The van der Waals surface area contributed by atoms with Crippen LogP contribution in [-0.4, -0.2) is 25.0 Å². The first kappa shape index (κ1) is 14.8. The van der Waals surface area contributed by atoms with Gasteiger partial charge in [-0.2, -0.15) is 13.2 Å². The summed E-state index contributed by atoms with van der Waals surface area (Å²) in [4.78, 5) is 1.62. The van der Waals surface area contributed by atoms with Crippen LogP contribution in [0.5, 0.6) is 0 Å². The summed E-state index contributed by atoms with van der Waals surface area (Å²) in [5.41, 5.74) is 1.43. The van der Waals surface area contributed by atoms with Gasteiger partial charge in [-0.1, -0.05) is 0 Å². The molecule has 1 heterocycles. The maximum absolute atomic E-state index is 12.7. The maximum atomic E-state index is 12.7.